The minimum atomic E-state index is 0. The fourth-order valence-electron chi connectivity index (χ4n) is 4.43. The SMILES string of the molecule is C#CC(I)[N+](CCCC)(CCCCCCCCCC)CCCCCCCCCC.[Cl-]. The molecule has 3 heteroatoms. The van der Waals surface area contributed by atoms with Crippen molar-refractivity contribution >= 4 is 22.6 Å². The molecule has 0 radical (unpaired) electrons. The highest BCUT2D eigenvalue weighted by Crippen LogP contribution is 2.25. The van der Waals surface area contributed by atoms with E-state index in [9.17, 15) is 0 Å². The van der Waals surface area contributed by atoms with Crippen LogP contribution >= 0.6 is 22.6 Å². The number of nitrogens with zero attached hydrogens (tertiary/aromatic N) is 1. The molecule has 0 fully saturated rings. The van der Waals surface area contributed by atoms with Crippen molar-refractivity contribution in [2.75, 3.05) is 19.6 Å². The molecule has 1 atom stereocenters. The van der Waals surface area contributed by atoms with Gasteiger partial charge in [0.15, 0.2) is 0 Å². The van der Waals surface area contributed by atoms with Gasteiger partial charge < -0.3 is 16.9 Å². The molecule has 0 saturated carbocycles. The molecular weight excluding hydrogens is 501 g/mol. The Bertz CT molecular complexity index is 360. The van der Waals surface area contributed by atoms with Crippen LogP contribution in [0.4, 0.5) is 0 Å². The molecule has 30 heavy (non-hydrogen) atoms. The largest absolute Gasteiger partial charge is 1.00 e. The topological polar surface area (TPSA) is 0 Å². The zero-order valence-corrected chi connectivity index (χ0v) is 23.6. The highest BCUT2D eigenvalue weighted by Gasteiger charge is 2.32. The molecule has 1 nitrogen and oxygen atoms in total. The van der Waals surface area contributed by atoms with Crippen LogP contribution in [-0.2, 0) is 0 Å². The van der Waals surface area contributed by atoms with Gasteiger partial charge in [-0.2, -0.15) is 0 Å². The lowest BCUT2D eigenvalue weighted by atomic mass is 10.1. The number of hydrogen-bond donors (Lipinski definition) is 0. The molecule has 0 aliphatic rings. The van der Waals surface area contributed by atoms with E-state index in [0.717, 1.165) is 0 Å². The normalized spacial score (nSPS) is 12.4. The molecule has 0 heterocycles. The van der Waals surface area contributed by atoms with Gasteiger partial charge >= 0.3 is 0 Å². The first-order valence-electron chi connectivity index (χ1n) is 13.1. The molecule has 180 valence electrons. The van der Waals surface area contributed by atoms with Crippen molar-refractivity contribution in [3.05, 3.63) is 0 Å². The first-order chi connectivity index (χ1) is 14.2. The van der Waals surface area contributed by atoms with Crippen molar-refractivity contribution < 1.29 is 16.9 Å². The van der Waals surface area contributed by atoms with E-state index in [2.05, 4.69) is 49.3 Å². The summed E-state index contributed by atoms with van der Waals surface area (Å²) in [5.41, 5.74) is 0. The number of terminal acetylenes is 1. The Kier molecular flexibility index (Phi) is 26.4. The smallest absolute Gasteiger partial charge is 0.200 e. The predicted molar refractivity (Wildman–Crippen MR) is 142 cm³/mol. The van der Waals surface area contributed by atoms with Crippen LogP contribution in [0.5, 0.6) is 0 Å². The van der Waals surface area contributed by atoms with Gasteiger partial charge in [-0.05, 0) is 38.0 Å². The Morgan fingerprint density at radius 1 is 0.567 bits per heavy atom. The summed E-state index contributed by atoms with van der Waals surface area (Å²) in [5.74, 6) is 3.12. The average molecular weight is 554 g/mol. The molecular formula is C27H53ClIN. The Balaban J connectivity index is 0. The number of rotatable bonds is 22. The molecule has 0 aliphatic carbocycles. The van der Waals surface area contributed by atoms with Crippen LogP contribution in [0, 0.1) is 12.3 Å². The zero-order chi connectivity index (χ0) is 21.6. The van der Waals surface area contributed by atoms with Crippen LogP contribution in [0.1, 0.15) is 136 Å². The van der Waals surface area contributed by atoms with Crippen LogP contribution in [0.2, 0.25) is 0 Å². The summed E-state index contributed by atoms with van der Waals surface area (Å²) in [7, 11) is 0. The Labute approximate surface area is 211 Å². The van der Waals surface area contributed by atoms with E-state index in [1.165, 1.54) is 140 Å². The Hall–Kier alpha value is 0.540. The molecule has 0 aromatic heterocycles. The van der Waals surface area contributed by atoms with Gasteiger partial charge in [0.1, 0.15) is 0 Å². The molecule has 0 bridgehead atoms. The summed E-state index contributed by atoms with van der Waals surface area (Å²) in [6.07, 6.45) is 31.0. The maximum Gasteiger partial charge on any atom is 0.200 e. The number of unbranched alkanes of at least 4 members (excludes halogenated alkanes) is 15. The molecule has 0 spiro atoms. The fourth-order valence-corrected chi connectivity index (χ4v) is 5.26. The number of halogens is 2. The highest BCUT2D eigenvalue weighted by atomic mass is 127. The number of hydrogen-bond acceptors (Lipinski definition) is 0. The Morgan fingerprint density at radius 3 is 1.20 bits per heavy atom. The van der Waals surface area contributed by atoms with E-state index < -0.39 is 0 Å². The first-order valence-corrected chi connectivity index (χ1v) is 14.4. The zero-order valence-electron chi connectivity index (χ0n) is 20.7. The van der Waals surface area contributed by atoms with Gasteiger partial charge in [-0.1, -0.05) is 104 Å². The van der Waals surface area contributed by atoms with Crippen LogP contribution in [0.15, 0.2) is 0 Å². The highest BCUT2D eigenvalue weighted by molar-refractivity contribution is 14.1. The van der Waals surface area contributed by atoms with Crippen molar-refractivity contribution in [1.29, 1.82) is 0 Å². The van der Waals surface area contributed by atoms with Crippen molar-refractivity contribution in [2.45, 2.75) is 140 Å². The standard InChI is InChI=1S/C27H53IN.ClH/c1-5-9-12-14-16-18-20-22-25-29(24-11-7-3,27(28)8-4)26-23-21-19-17-15-13-10-6-2;/h4,27H,5-7,9-26H2,1-3H3;1H/q+1;/p-1. The molecule has 0 aromatic rings. The molecule has 0 rings (SSSR count). The van der Waals surface area contributed by atoms with Crippen LogP contribution in [0.25, 0.3) is 0 Å². The van der Waals surface area contributed by atoms with E-state index >= 15 is 0 Å². The van der Waals surface area contributed by atoms with Gasteiger partial charge in [0.25, 0.3) is 0 Å². The molecule has 0 amide bonds. The molecule has 0 saturated heterocycles. The van der Waals surface area contributed by atoms with E-state index in [1.54, 1.807) is 0 Å². The second-order valence-corrected chi connectivity index (χ2v) is 10.4. The minimum absolute atomic E-state index is 0. The maximum atomic E-state index is 5.95. The van der Waals surface area contributed by atoms with E-state index in [1.807, 2.05) is 0 Å². The minimum Gasteiger partial charge on any atom is -1.00 e. The monoisotopic (exact) mass is 553 g/mol. The van der Waals surface area contributed by atoms with Gasteiger partial charge in [0.05, 0.1) is 19.6 Å². The predicted octanol–water partition coefficient (Wildman–Crippen LogP) is 6.28. The van der Waals surface area contributed by atoms with Crippen molar-refractivity contribution in [3.8, 4) is 12.3 Å². The van der Waals surface area contributed by atoms with E-state index in [-0.39, 0.29) is 12.4 Å². The van der Waals surface area contributed by atoms with Crippen LogP contribution in [-0.4, -0.2) is 28.2 Å². The van der Waals surface area contributed by atoms with Gasteiger partial charge in [-0.25, -0.2) is 0 Å². The van der Waals surface area contributed by atoms with Crippen molar-refractivity contribution in [3.63, 3.8) is 0 Å². The summed E-state index contributed by atoms with van der Waals surface area (Å²) in [5, 5.41) is 0. The van der Waals surface area contributed by atoms with Crippen molar-refractivity contribution in [1.82, 2.24) is 0 Å². The third-order valence-electron chi connectivity index (χ3n) is 6.49. The lowest BCUT2D eigenvalue weighted by Crippen LogP contribution is -3.00. The number of quaternary nitrogens is 1. The van der Waals surface area contributed by atoms with Gasteiger partial charge in [0.2, 0.25) is 4.05 Å². The van der Waals surface area contributed by atoms with Crippen molar-refractivity contribution in [2.24, 2.45) is 0 Å². The third-order valence-corrected chi connectivity index (χ3v) is 8.03. The average Bonchev–Trinajstić information content (AvgIpc) is 2.74. The molecule has 0 N–H and O–H groups in total. The quantitative estimate of drug-likeness (QED) is 0.0369. The van der Waals surface area contributed by atoms with Gasteiger partial charge in [0, 0.05) is 22.6 Å². The number of alkyl halides is 1. The van der Waals surface area contributed by atoms with E-state index in [4.69, 9.17) is 6.42 Å². The van der Waals surface area contributed by atoms with Gasteiger partial charge in [-0.3, -0.25) is 0 Å². The van der Waals surface area contributed by atoms with E-state index in [0.29, 0.717) is 4.05 Å². The molecule has 0 aliphatic heterocycles. The third kappa shape index (κ3) is 17.1. The fraction of sp³-hybridized carbons (Fsp3) is 0.926. The van der Waals surface area contributed by atoms with Gasteiger partial charge in [-0.15, -0.1) is 6.42 Å². The summed E-state index contributed by atoms with van der Waals surface area (Å²) in [6.45, 7) is 10.8. The van der Waals surface area contributed by atoms with Crippen LogP contribution in [0.3, 0.4) is 0 Å². The summed E-state index contributed by atoms with van der Waals surface area (Å²) in [4.78, 5) is 0. The molecule has 0 aromatic carbocycles. The summed E-state index contributed by atoms with van der Waals surface area (Å²) < 4.78 is 1.52. The second kappa shape index (κ2) is 24.2. The lowest BCUT2D eigenvalue weighted by molar-refractivity contribution is -0.927. The second-order valence-electron chi connectivity index (χ2n) is 9.20. The summed E-state index contributed by atoms with van der Waals surface area (Å²) in [6, 6.07) is 0. The van der Waals surface area contributed by atoms with Crippen LogP contribution < -0.4 is 12.4 Å². The lowest BCUT2D eigenvalue weighted by Gasteiger charge is -2.41. The molecule has 1 unspecified atom stereocenters. The summed E-state index contributed by atoms with van der Waals surface area (Å²) >= 11 is 2.56. The maximum absolute atomic E-state index is 5.95. The first kappa shape index (κ1) is 32.7. The Morgan fingerprint density at radius 2 is 0.867 bits per heavy atom.